The second-order valence-electron chi connectivity index (χ2n) is 10.5. The highest BCUT2D eigenvalue weighted by Crippen LogP contribution is 2.39. The van der Waals surface area contributed by atoms with Crippen LogP contribution in [-0.4, -0.2) is 14.4 Å². The molecular formula is C26H27N3O4. The van der Waals surface area contributed by atoms with E-state index in [-0.39, 0.29) is 22.2 Å². The van der Waals surface area contributed by atoms with Gasteiger partial charge in [-0.15, -0.1) is 0 Å². The van der Waals surface area contributed by atoms with Crippen molar-refractivity contribution >= 4 is 33.2 Å². The summed E-state index contributed by atoms with van der Waals surface area (Å²) < 4.78 is 1.84. The number of nitro benzene ring substituents is 2. The molecule has 0 unspecified atom stereocenters. The third-order valence-electron chi connectivity index (χ3n) is 6.10. The summed E-state index contributed by atoms with van der Waals surface area (Å²) in [5, 5.41) is 25.1. The third-order valence-corrected chi connectivity index (χ3v) is 6.10. The standard InChI is InChI=1S/C26H27N3O4/c1-25(2,3)16-7-10-21-19(13-16)20-14-17(26(4,5)6)8-11-22(20)27(21)23-12-9-18(28(30)31)15-24(23)29(32)33/h7-15H,1-6H3. The zero-order valence-corrected chi connectivity index (χ0v) is 19.7. The Labute approximate surface area is 191 Å². The van der Waals surface area contributed by atoms with Crippen LogP contribution in [0.5, 0.6) is 0 Å². The average molecular weight is 446 g/mol. The van der Waals surface area contributed by atoms with Crippen molar-refractivity contribution in [3.8, 4) is 5.69 Å². The number of aromatic nitrogens is 1. The van der Waals surface area contributed by atoms with E-state index >= 15 is 0 Å². The first kappa shape index (κ1) is 22.5. The van der Waals surface area contributed by atoms with E-state index in [4.69, 9.17) is 0 Å². The molecule has 4 aromatic rings. The first-order valence-electron chi connectivity index (χ1n) is 10.8. The minimum absolute atomic E-state index is 0.0659. The van der Waals surface area contributed by atoms with Gasteiger partial charge in [0.25, 0.3) is 11.4 Å². The molecule has 1 aromatic heterocycles. The molecule has 0 radical (unpaired) electrons. The summed E-state index contributed by atoms with van der Waals surface area (Å²) in [6, 6.07) is 16.2. The van der Waals surface area contributed by atoms with Crippen LogP contribution in [0.3, 0.4) is 0 Å². The van der Waals surface area contributed by atoms with Crippen LogP contribution in [0.2, 0.25) is 0 Å². The lowest BCUT2D eigenvalue weighted by Crippen LogP contribution is -2.10. The Bertz CT molecular complexity index is 1360. The van der Waals surface area contributed by atoms with Gasteiger partial charge in [0.1, 0.15) is 5.69 Å². The predicted octanol–water partition coefficient (Wildman–Crippen LogP) is 7.20. The first-order valence-corrected chi connectivity index (χ1v) is 10.8. The highest BCUT2D eigenvalue weighted by molar-refractivity contribution is 6.10. The minimum atomic E-state index is -0.617. The third kappa shape index (κ3) is 3.84. The molecule has 0 aliphatic heterocycles. The van der Waals surface area contributed by atoms with Gasteiger partial charge < -0.3 is 4.57 Å². The normalized spacial score (nSPS) is 12.4. The Morgan fingerprint density at radius 3 is 1.55 bits per heavy atom. The van der Waals surface area contributed by atoms with Crippen molar-refractivity contribution in [2.24, 2.45) is 0 Å². The van der Waals surface area contributed by atoms with E-state index in [1.165, 1.54) is 12.1 Å². The molecule has 0 aliphatic rings. The van der Waals surface area contributed by atoms with Gasteiger partial charge in [0.15, 0.2) is 0 Å². The molecular weight excluding hydrogens is 418 g/mol. The van der Waals surface area contributed by atoms with E-state index in [2.05, 4.69) is 53.7 Å². The quantitative estimate of drug-likeness (QED) is 0.246. The van der Waals surface area contributed by atoms with Crippen LogP contribution in [0, 0.1) is 20.2 Å². The number of hydrogen-bond donors (Lipinski definition) is 0. The van der Waals surface area contributed by atoms with Crippen LogP contribution >= 0.6 is 0 Å². The lowest BCUT2D eigenvalue weighted by Gasteiger charge is -2.19. The summed E-state index contributed by atoms with van der Waals surface area (Å²) in [5.41, 5.74) is 3.52. The average Bonchev–Trinajstić information content (AvgIpc) is 3.04. The number of nitro groups is 2. The van der Waals surface area contributed by atoms with Crippen molar-refractivity contribution in [2.45, 2.75) is 52.4 Å². The van der Waals surface area contributed by atoms with Crippen molar-refractivity contribution in [1.29, 1.82) is 0 Å². The minimum Gasteiger partial charge on any atom is -0.303 e. The van der Waals surface area contributed by atoms with Gasteiger partial charge in [-0.3, -0.25) is 20.2 Å². The van der Waals surface area contributed by atoms with Gasteiger partial charge in [-0.25, -0.2) is 0 Å². The second-order valence-corrected chi connectivity index (χ2v) is 10.5. The van der Waals surface area contributed by atoms with Crippen molar-refractivity contribution in [3.63, 3.8) is 0 Å². The fraction of sp³-hybridized carbons (Fsp3) is 0.308. The molecule has 0 fully saturated rings. The van der Waals surface area contributed by atoms with E-state index < -0.39 is 9.85 Å². The Morgan fingerprint density at radius 2 is 1.15 bits per heavy atom. The zero-order valence-electron chi connectivity index (χ0n) is 19.7. The Balaban J connectivity index is 2.15. The molecule has 0 spiro atoms. The SMILES string of the molecule is CC(C)(C)c1ccc2c(c1)c1cc(C(C)(C)C)ccc1n2-c1ccc([N+](=O)[O-])cc1[N+](=O)[O-]. The fourth-order valence-electron chi connectivity index (χ4n) is 4.18. The summed E-state index contributed by atoms with van der Waals surface area (Å²) in [5.74, 6) is 0. The van der Waals surface area contributed by atoms with Crippen LogP contribution in [0.4, 0.5) is 11.4 Å². The monoisotopic (exact) mass is 445 g/mol. The molecule has 0 atom stereocenters. The maximum absolute atomic E-state index is 11.9. The van der Waals surface area contributed by atoms with E-state index in [0.29, 0.717) is 5.69 Å². The predicted molar refractivity (Wildman–Crippen MR) is 131 cm³/mol. The zero-order chi connectivity index (χ0) is 24.3. The maximum atomic E-state index is 11.9. The van der Waals surface area contributed by atoms with Gasteiger partial charge in [-0.1, -0.05) is 53.7 Å². The molecule has 1 heterocycles. The van der Waals surface area contributed by atoms with Gasteiger partial charge in [0.2, 0.25) is 0 Å². The van der Waals surface area contributed by atoms with Crippen LogP contribution in [0.1, 0.15) is 52.7 Å². The molecule has 33 heavy (non-hydrogen) atoms. The second kappa shape index (κ2) is 7.40. The van der Waals surface area contributed by atoms with Crippen LogP contribution in [-0.2, 0) is 10.8 Å². The van der Waals surface area contributed by atoms with Gasteiger partial charge in [-0.05, 0) is 52.3 Å². The smallest absolute Gasteiger partial charge is 0.300 e. The van der Waals surface area contributed by atoms with Gasteiger partial charge >= 0.3 is 0 Å². The molecule has 0 aliphatic carbocycles. The van der Waals surface area contributed by atoms with Crippen molar-refractivity contribution in [3.05, 3.63) is 86.0 Å². The van der Waals surface area contributed by atoms with E-state index in [1.54, 1.807) is 0 Å². The number of fused-ring (bicyclic) bond motifs is 3. The van der Waals surface area contributed by atoms with E-state index in [0.717, 1.165) is 39.0 Å². The summed E-state index contributed by atoms with van der Waals surface area (Å²) >= 11 is 0. The number of non-ortho nitro benzene ring substituents is 1. The van der Waals surface area contributed by atoms with Crippen LogP contribution in [0.15, 0.2) is 54.6 Å². The Hall–Kier alpha value is -3.74. The molecule has 170 valence electrons. The fourth-order valence-corrected chi connectivity index (χ4v) is 4.18. The summed E-state index contributed by atoms with van der Waals surface area (Å²) in [6.07, 6.45) is 0. The van der Waals surface area contributed by atoms with Gasteiger partial charge in [-0.2, -0.15) is 0 Å². The molecule has 0 N–H and O–H groups in total. The Kier molecular flexibility index (Phi) is 5.04. The lowest BCUT2D eigenvalue weighted by molar-refractivity contribution is -0.394. The lowest BCUT2D eigenvalue weighted by atomic mass is 9.85. The number of hydrogen-bond acceptors (Lipinski definition) is 4. The highest BCUT2D eigenvalue weighted by Gasteiger charge is 2.25. The summed E-state index contributed by atoms with van der Waals surface area (Å²) in [7, 11) is 0. The maximum Gasteiger partial charge on any atom is 0.300 e. The van der Waals surface area contributed by atoms with Crippen LogP contribution < -0.4 is 0 Å². The van der Waals surface area contributed by atoms with Gasteiger partial charge in [0.05, 0.1) is 26.9 Å². The molecule has 7 nitrogen and oxygen atoms in total. The Morgan fingerprint density at radius 1 is 0.667 bits per heavy atom. The van der Waals surface area contributed by atoms with E-state index in [9.17, 15) is 20.2 Å². The molecule has 0 bridgehead atoms. The number of rotatable bonds is 3. The molecule has 0 amide bonds. The summed E-state index contributed by atoms with van der Waals surface area (Å²) in [4.78, 5) is 22.0. The number of benzene rings is 3. The van der Waals surface area contributed by atoms with Crippen LogP contribution in [0.25, 0.3) is 27.5 Å². The first-order chi connectivity index (χ1) is 15.3. The highest BCUT2D eigenvalue weighted by atomic mass is 16.6. The van der Waals surface area contributed by atoms with Crippen molar-refractivity contribution in [2.75, 3.05) is 0 Å². The molecule has 4 rings (SSSR count). The molecule has 3 aromatic carbocycles. The number of nitrogens with zero attached hydrogens (tertiary/aromatic N) is 3. The topological polar surface area (TPSA) is 91.2 Å². The van der Waals surface area contributed by atoms with E-state index in [1.807, 2.05) is 28.8 Å². The molecule has 0 saturated heterocycles. The largest absolute Gasteiger partial charge is 0.303 e. The van der Waals surface area contributed by atoms with Crippen molar-refractivity contribution < 1.29 is 9.85 Å². The summed E-state index contributed by atoms with van der Waals surface area (Å²) in [6.45, 7) is 12.9. The van der Waals surface area contributed by atoms with Crippen molar-refractivity contribution in [1.82, 2.24) is 4.57 Å². The molecule has 0 saturated carbocycles. The van der Waals surface area contributed by atoms with Gasteiger partial charge in [0, 0.05) is 16.8 Å². The molecule has 7 heteroatoms.